The van der Waals surface area contributed by atoms with Crippen LogP contribution in [0.3, 0.4) is 0 Å². The van der Waals surface area contributed by atoms with E-state index in [4.69, 9.17) is 5.73 Å². The summed E-state index contributed by atoms with van der Waals surface area (Å²) in [6.45, 7) is 5.25. The number of rotatable bonds is 4. The molecular formula is C14H24BrN3. The van der Waals surface area contributed by atoms with Crippen LogP contribution >= 0.6 is 15.9 Å². The summed E-state index contributed by atoms with van der Waals surface area (Å²) in [6, 6.07) is 0.371. The Morgan fingerprint density at radius 2 is 2.06 bits per heavy atom. The lowest BCUT2D eigenvalue weighted by Gasteiger charge is -2.28. The average molecular weight is 314 g/mol. The van der Waals surface area contributed by atoms with Crippen LogP contribution in [-0.2, 0) is 19.4 Å². The molecule has 2 atom stereocenters. The molecule has 1 aromatic heterocycles. The molecular weight excluding hydrogens is 290 g/mol. The van der Waals surface area contributed by atoms with Gasteiger partial charge in [0.2, 0.25) is 0 Å². The fourth-order valence-electron chi connectivity index (χ4n) is 2.95. The molecule has 0 amide bonds. The summed E-state index contributed by atoms with van der Waals surface area (Å²) in [4.78, 5) is 0. The normalized spacial score (nSPS) is 24.4. The highest BCUT2D eigenvalue weighted by molar-refractivity contribution is 9.10. The minimum Gasteiger partial charge on any atom is -0.327 e. The third-order valence-electron chi connectivity index (χ3n) is 4.12. The van der Waals surface area contributed by atoms with Gasteiger partial charge in [-0.15, -0.1) is 0 Å². The summed E-state index contributed by atoms with van der Waals surface area (Å²) >= 11 is 3.73. The molecule has 3 nitrogen and oxygen atoms in total. The molecule has 2 rings (SSSR count). The van der Waals surface area contributed by atoms with E-state index in [1.807, 2.05) is 0 Å². The summed E-state index contributed by atoms with van der Waals surface area (Å²) in [5.74, 6) is 0.627. The monoisotopic (exact) mass is 313 g/mol. The molecule has 2 unspecified atom stereocenters. The highest BCUT2D eigenvalue weighted by Crippen LogP contribution is 2.30. The molecule has 0 aromatic carbocycles. The van der Waals surface area contributed by atoms with Crippen molar-refractivity contribution in [3.05, 3.63) is 15.9 Å². The molecule has 0 aliphatic heterocycles. The van der Waals surface area contributed by atoms with Crippen LogP contribution in [0.1, 0.15) is 50.9 Å². The Kier molecular flexibility index (Phi) is 4.84. The van der Waals surface area contributed by atoms with Gasteiger partial charge in [-0.1, -0.05) is 19.8 Å². The van der Waals surface area contributed by atoms with Crippen molar-refractivity contribution in [3.63, 3.8) is 0 Å². The van der Waals surface area contributed by atoms with Gasteiger partial charge in [-0.2, -0.15) is 5.10 Å². The maximum atomic E-state index is 6.26. The van der Waals surface area contributed by atoms with Gasteiger partial charge < -0.3 is 5.73 Å². The molecule has 0 spiro atoms. The number of nitrogens with zero attached hydrogens (tertiary/aromatic N) is 2. The van der Waals surface area contributed by atoms with Crippen LogP contribution in [0.2, 0.25) is 0 Å². The Morgan fingerprint density at radius 3 is 2.67 bits per heavy atom. The van der Waals surface area contributed by atoms with Gasteiger partial charge in [-0.05, 0) is 54.5 Å². The van der Waals surface area contributed by atoms with E-state index in [9.17, 15) is 0 Å². The van der Waals surface area contributed by atoms with Crippen LogP contribution in [0.15, 0.2) is 4.47 Å². The van der Waals surface area contributed by atoms with E-state index >= 15 is 0 Å². The van der Waals surface area contributed by atoms with Crippen molar-refractivity contribution < 1.29 is 0 Å². The predicted molar refractivity (Wildman–Crippen MR) is 78.6 cm³/mol. The zero-order valence-electron chi connectivity index (χ0n) is 11.5. The van der Waals surface area contributed by atoms with Gasteiger partial charge in [0.25, 0.3) is 0 Å². The van der Waals surface area contributed by atoms with Crippen LogP contribution in [0.4, 0.5) is 0 Å². The van der Waals surface area contributed by atoms with Crippen molar-refractivity contribution in [3.8, 4) is 0 Å². The Hall–Kier alpha value is -0.350. The van der Waals surface area contributed by atoms with E-state index in [1.54, 1.807) is 0 Å². The lowest BCUT2D eigenvalue weighted by Crippen LogP contribution is -2.34. The van der Waals surface area contributed by atoms with E-state index in [-0.39, 0.29) is 0 Å². The van der Waals surface area contributed by atoms with E-state index in [2.05, 4.69) is 39.6 Å². The van der Waals surface area contributed by atoms with E-state index < -0.39 is 0 Å². The van der Waals surface area contributed by atoms with Gasteiger partial charge in [-0.3, -0.25) is 4.68 Å². The quantitative estimate of drug-likeness (QED) is 0.927. The van der Waals surface area contributed by atoms with Gasteiger partial charge in [0, 0.05) is 12.6 Å². The molecule has 1 fully saturated rings. The van der Waals surface area contributed by atoms with Crippen LogP contribution in [-0.4, -0.2) is 15.8 Å². The first-order valence-corrected chi connectivity index (χ1v) is 7.96. The molecule has 0 saturated heterocycles. The van der Waals surface area contributed by atoms with Crippen LogP contribution in [0, 0.1) is 5.92 Å². The summed E-state index contributed by atoms with van der Waals surface area (Å²) < 4.78 is 3.36. The molecule has 18 heavy (non-hydrogen) atoms. The molecule has 1 aromatic rings. The van der Waals surface area contributed by atoms with Crippen LogP contribution < -0.4 is 5.73 Å². The number of nitrogens with two attached hydrogens (primary N) is 1. The maximum absolute atomic E-state index is 6.26. The molecule has 1 aliphatic rings. The third kappa shape index (κ3) is 2.80. The second-order valence-corrected chi connectivity index (χ2v) is 6.08. The van der Waals surface area contributed by atoms with Crippen LogP contribution in [0.25, 0.3) is 0 Å². The lowest BCUT2D eigenvalue weighted by molar-refractivity contribution is 0.300. The first kappa shape index (κ1) is 14.1. The summed E-state index contributed by atoms with van der Waals surface area (Å²) in [7, 11) is 0. The zero-order valence-corrected chi connectivity index (χ0v) is 13.0. The Labute approximate surface area is 118 Å². The second kappa shape index (κ2) is 6.20. The Bertz CT molecular complexity index is 400. The maximum Gasteiger partial charge on any atom is 0.0766 e. The number of halogens is 1. The fourth-order valence-corrected chi connectivity index (χ4v) is 3.68. The topological polar surface area (TPSA) is 43.8 Å². The summed E-state index contributed by atoms with van der Waals surface area (Å²) in [6.07, 6.45) is 7.13. The standard InChI is InChI=1S/C14H24BrN3/c1-3-12-14(15)13(18(4-2)17-12)9-10-7-5-6-8-11(10)16/h10-11H,3-9,16H2,1-2H3. The molecule has 102 valence electrons. The Balaban J connectivity index is 2.19. The minimum atomic E-state index is 0.371. The Morgan fingerprint density at radius 1 is 1.33 bits per heavy atom. The lowest BCUT2D eigenvalue weighted by atomic mass is 9.82. The first-order chi connectivity index (χ1) is 8.67. The van der Waals surface area contributed by atoms with Crippen molar-refractivity contribution in [1.82, 2.24) is 9.78 Å². The minimum absolute atomic E-state index is 0.371. The van der Waals surface area contributed by atoms with Crippen molar-refractivity contribution in [2.75, 3.05) is 0 Å². The van der Waals surface area contributed by atoms with Gasteiger partial charge >= 0.3 is 0 Å². The van der Waals surface area contributed by atoms with Crippen molar-refractivity contribution in [2.45, 2.75) is 65.0 Å². The number of hydrogen-bond acceptors (Lipinski definition) is 2. The van der Waals surface area contributed by atoms with Gasteiger partial charge in [0.1, 0.15) is 0 Å². The predicted octanol–water partition coefficient (Wildman–Crippen LogP) is 3.29. The first-order valence-electron chi connectivity index (χ1n) is 7.17. The molecule has 2 N–H and O–H groups in total. The SMILES string of the molecule is CCc1nn(CC)c(CC2CCCCC2N)c1Br. The van der Waals surface area contributed by atoms with E-state index in [0.29, 0.717) is 12.0 Å². The number of aromatic nitrogens is 2. The van der Waals surface area contributed by atoms with Crippen LogP contribution in [0.5, 0.6) is 0 Å². The van der Waals surface area contributed by atoms with Crippen molar-refractivity contribution in [2.24, 2.45) is 11.7 Å². The molecule has 0 bridgehead atoms. The smallest absolute Gasteiger partial charge is 0.0766 e. The van der Waals surface area contributed by atoms with E-state index in [1.165, 1.54) is 41.5 Å². The number of aryl methyl sites for hydroxylation is 2. The van der Waals surface area contributed by atoms with Crippen molar-refractivity contribution in [1.29, 1.82) is 0 Å². The highest BCUT2D eigenvalue weighted by atomic mass is 79.9. The molecule has 0 radical (unpaired) electrons. The highest BCUT2D eigenvalue weighted by Gasteiger charge is 2.25. The van der Waals surface area contributed by atoms with Crippen molar-refractivity contribution >= 4 is 15.9 Å². The summed E-state index contributed by atoms with van der Waals surface area (Å²) in [5, 5.41) is 4.67. The van der Waals surface area contributed by atoms with E-state index in [0.717, 1.165) is 19.4 Å². The molecule has 1 aliphatic carbocycles. The molecule has 4 heteroatoms. The fraction of sp³-hybridized carbons (Fsp3) is 0.786. The third-order valence-corrected chi connectivity index (χ3v) is 5.03. The molecule has 1 heterocycles. The summed E-state index contributed by atoms with van der Waals surface area (Å²) in [5.41, 5.74) is 8.78. The average Bonchev–Trinajstić information content (AvgIpc) is 2.69. The largest absolute Gasteiger partial charge is 0.327 e. The van der Waals surface area contributed by atoms with Gasteiger partial charge in [-0.25, -0.2) is 0 Å². The second-order valence-electron chi connectivity index (χ2n) is 5.29. The molecule has 1 saturated carbocycles. The van der Waals surface area contributed by atoms with Gasteiger partial charge in [0.05, 0.1) is 15.9 Å². The number of hydrogen-bond donors (Lipinski definition) is 1. The zero-order chi connectivity index (χ0) is 13.1. The van der Waals surface area contributed by atoms with Gasteiger partial charge in [0.15, 0.2) is 0 Å².